The standard InChI is InChI=1S/C16H32N2O/c1-4-5-6-9-16(2,3)13-18-15(19)12-14-7-10-17-11-8-14/h14,17H,4-13H2,1-3H3,(H,18,19). The number of rotatable bonds is 8. The van der Waals surface area contributed by atoms with Gasteiger partial charge in [0.1, 0.15) is 0 Å². The minimum absolute atomic E-state index is 0.235. The number of hydrogen-bond donors (Lipinski definition) is 2. The van der Waals surface area contributed by atoms with Crippen molar-refractivity contribution in [1.82, 2.24) is 10.6 Å². The molecular weight excluding hydrogens is 236 g/mol. The summed E-state index contributed by atoms with van der Waals surface area (Å²) >= 11 is 0. The first-order valence-electron chi connectivity index (χ1n) is 8.01. The van der Waals surface area contributed by atoms with Crippen LogP contribution >= 0.6 is 0 Å². The van der Waals surface area contributed by atoms with Crippen LogP contribution in [0.25, 0.3) is 0 Å². The molecule has 0 spiro atoms. The molecule has 0 aromatic carbocycles. The highest BCUT2D eigenvalue weighted by Gasteiger charge is 2.20. The van der Waals surface area contributed by atoms with Gasteiger partial charge in [-0.1, -0.05) is 40.0 Å². The molecule has 112 valence electrons. The van der Waals surface area contributed by atoms with Gasteiger partial charge >= 0.3 is 0 Å². The number of piperidine rings is 1. The van der Waals surface area contributed by atoms with Crippen molar-refractivity contribution < 1.29 is 4.79 Å². The molecule has 3 nitrogen and oxygen atoms in total. The molecule has 1 fully saturated rings. The molecule has 3 heteroatoms. The highest BCUT2D eigenvalue weighted by Crippen LogP contribution is 2.23. The Morgan fingerprint density at radius 2 is 1.95 bits per heavy atom. The molecule has 0 aromatic rings. The second kappa shape index (κ2) is 8.57. The van der Waals surface area contributed by atoms with Gasteiger partial charge in [0.05, 0.1) is 0 Å². The molecule has 1 aliphatic heterocycles. The summed E-state index contributed by atoms with van der Waals surface area (Å²) in [6.45, 7) is 9.70. The molecular formula is C16H32N2O. The molecule has 2 N–H and O–H groups in total. The summed E-state index contributed by atoms with van der Waals surface area (Å²) in [5.74, 6) is 0.833. The Balaban J connectivity index is 2.17. The molecule has 1 saturated heterocycles. The molecule has 0 atom stereocenters. The normalized spacial score (nSPS) is 17.4. The summed E-state index contributed by atoms with van der Waals surface area (Å²) in [4.78, 5) is 12.0. The Labute approximate surface area is 118 Å². The predicted octanol–water partition coefficient (Wildman–Crippen LogP) is 3.10. The topological polar surface area (TPSA) is 41.1 Å². The van der Waals surface area contributed by atoms with Crippen molar-refractivity contribution in [3.63, 3.8) is 0 Å². The van der Waals surface area contributed by atoms with Gasteiger partial charge in [0.15, 0.2) is 0 Å². The maximum absolute atomic E-state index is 12.0. The molecule has 1 rings (SSSR count). The fraction of sp³-hybridized carbons (Fsp3) is 0.938. The van der Waals surface area contributed by atoms with Crippen molar-refractivity contribution in [2.24, 2.45) is 11.3 Å². The number of carbonyl (C=O) groups excluding carboxylic acids is 1. The fourth-order valence-corrected chi connectivity index (χ4v) is 2.70. The molecule has 1 amide bonds. The van der Waals surface area contributed by atoms with E-state index in [1.807, 2.05) is 0 Å². The largest absolute Gasteiger partial charge is 0.356 e. The van der Waals surface area contributed by atoms with E-state index in [4.69, 9.17) is 0 Å². The summed E-state index contributed by atoms with van der Waals surface area (Å²) in [7, 11) is 0. The third kappa shape index (κ3) is 7.56. The van der Waals surface area contributed by atoms with E-state index in [0.29, 0.717) is 12.3 Å². The zero-order chi connectivity index (χ0) is 14.1. The van der Waals surface area contributed by atoms with Gasteiger partial charge in [0.25, 0.3) is 0 Å². The van der Waals surface area contributed by atoms with Crippen LogP contribution in [0.3, 0.4) is 0 Å². The van der Waals surface area contributed by atoms with Crippen LogP contribution in [-0.2, 0) is 4.79 Å². The third-order valence-corrected chi connectivity index (χ3v) is 4.15. The average molecular weight is 268 g/mol. The molecule has 19 heavy (non-hydrogen) atoms. The van der Waals surface area contributed by atoms with Gasteiger partial charge in [-0.25, -0.2) is 0 Å². The number of nitrogens with one attached hydrogen (secondary N) is 2. The van der Waals surface area contributed by atoms with Crippen LogP contribution in [0.4, 0.5) is 0 Å². The SMILES string of the molecule is CCCCCC(C)(C)CNC(=O)CC1CCNCC1. The lowest BCUT2D eigenvalue weighted by Crippen LogP contribution is -2.36. The minimum atomic E-state index is 0.235. The Hall–Kier alpha value is -0.570. The van der Waals surface area contributed by atoms with Crippen LogP contribution in [0.1, 0.15) is 65.7 Å². The predicted molar refractivity (Wildman–Crippen MR) is 81.1 cm³/mol. The van der Waals surface area contributed by atoms with E-state index >= 15 is 0 Å². The van der Waals surface area contributed by atoms with Gasteiger partial charge in [-0.05, 0) is 43.7 Å². The van der Waals surface area contributed by atoms with Crippen molar-refractivity contribution in [2.75, 3.05) is 19.6 Å². The van der Waals surface area contributed by atoms with Gasteiger partial charge in [-0.2, -0.15) is 0 Å². The van der Waals surface area contributed by atoms with E-state index in [2.05, 4.69) is 31.4 Å². The first-order valence-corrected chi connectivity index (χ1v) is 8.01. The lowest BCUT2D eigenvalue weighted by atomic mass is 9.86. The summed E-state index contributed by atoms with van der Waals surface area (Å²) in [6.07, 6.45) is 8.04. The van der Waals surface area contributed by atoms with E-state index in [-0.39, 0.29) is 11.3 Å². The van der Waals surface area contributed by atoms with Crippen molar-refractivity contribution in [3.8, 4) is 0 Å². The highest BCUT2D eigenvalue weighted by atomic mass is 16.1. The molecule has 0 unspecified atom stereocenters. The second-order valence-electron chi connectivity index (χ2n) is 6.80. The van der Waals surface area contributed by atoms with Crippen molar-refractivity contribution in [3.05, 3.63) is 0 Å². The Kier molecular flexibility index (Phi) is 7.44. The average Bonchev–Trinajstić information content (AvgIpc) is 2.38. The lowest BCUT2D eigenvalue weighted by Gasteiger charge is -2.26. The van der Waals surface area contributed by atoms with Crippen LogP contribution in [0, 0.1) is 11.3 Å². The van der Waals surface area contributed by atoms with Gasteiger partial charge in [0.2, 0.25) is 5.91 Å². The zero-order valence-electron chi connectivity index (χ0n) is 13.1. The van der Waals surface area contributed by atoms with Gasteiger partial charge in [-0.3, -0.25) is 4.79 Å². The zero-order valence-corrected chi connectivity index (χ0v) is 13.1. The van der Waals surface area contributed by atoms with Gasteiger partial charge in [0, 0.05) is 13.0 Å². The van der Waals surface area contributed by atoms with Gasteiger partial charge in [-0.15, -0.1) is 0 Å². The highest BCUT2D eigenvalue weighted by molar-refractivity contribution is 5.76. The van der Waals surface area contributed by atoms with E-state index in [9.17, 15) is 4.79 Å². The molecule has 1 aliphatic rings. The summed E-state index contributed by atoms with van der Waals surface area (Å²) in [5.41, 5.74) is 0.235. The van der Waals surface area contributed by atoms with E-state index in [1.54, 1.807) is 0 Å². The van der Waals surface area contributed by atoms with Crippen LogP contribution < -0.4 is 10.6 Å². The fourth-order valence-electron chi connectivity index (χ4n) is 2.70. The molecule has 0 saturated carbocycles. The maximum Gasteiger partial charge on any atom is 0.220 e. The first kappa shape index (κ1) is 16.5. The monoisotopic (exact) mass is 268 g/mol. The second-order valence-corrected chi connectivity index (χ2v) is 6.80. The van der Waals surface area contributed by atoms with E-state index in [1.165, 1.54) is 25.7 Å². The Morgan fingerprint density at radius 1 is 1.26 bits per heavy atom. The van der Waals surface area contributed by atoms with E-state index < -0.39 is 0 Å². The summed E-state index contributed by atoms with van der Waals surface area (Å²) < 4.78 is 0. The van der Waals surface area contributed by atoms with Crippen molar-refractivity contribution in [2.45, 2.75) is 65.7 Å². The Morgan fingerprint density at radius 3 is 2.58 bits per heavy atom. The summed E-state index contributed by atoms with van der Waals surface area (Å²) in [5, 5.41) is 6.48. The van der Waals surface area contributed by atoms with Crippen molar-refractivity contribution in [1.29, 1.82) is 0 Å². The van der Waals surface area contributed by atoms with Crippen LogP contribution in [0.2, 0.25) is 0 Å². The molecule has 0 bridgehead atoms. The number of hydrogen-bond acceptors (Lipinski definition) is 2. The summed E-state index contributed by atoms with van der Waals surface area (Å²) in [6, 6.07) is 0. The molecule has 0 radical (unpaired) electrons. The quantitative estimate of drug-likeness (QED) is 0.664. The maximum atomic E-state index is 12.0. The third-order valence-electron chi connectivity index (χ3n) is 4.15. The van der Waals surface area contributed by atoms with Crippen LogP contribution in [0.15, 0.2) is 0 Å². The number of unbranched alkanes of at least 4 members (excludes halogenated alkanes) is 2. The van der Waals surface area contributed by atoms with Crippen molar-refractivity contribution >= 4 is 5.91 Å². The molecule has 0 aliphatic carbocycles. The lowest BCUT2D eigenvalue weighted by molar-refractivity contribution is -0.122. The molecule has 1 heterocycles. The van der Waals surface area contributed by atoms with Crippen LogP contribution in [0.5, 0.6) is 0 Å². The number of carbonyl (C=O) groups is 1. The Bertz CT molecular complexity index is 257. The minimum Gasteiger partial charge on any atom is -0.356 e. The van der Waals surface area contributed by atoms with Crippen LogP contribution in [-0.4, -0.2) is 25.5 Å². The first-order chi connectivity index (χ1) is 9.03. The van der Waals surface area contributed by atoms with E-state index in [0.717, 1.165) is 32.5 Å². The smallest absolute Gasteiger partial charge is 0.220 e. The van der Waals surface area contributed by atoms with Gasteiger partial charge < -0.3 is 10.6 Å². The molecule has 0 aromatic heterocycles. The number of amides is 1.